The van der Waals surface area contributed by atoms with Gasteiger partial charge in [-0.05, 0) is 30.7 Å². The minimum Gasteiger partial charge on any atom is -0.126 e. The van der Waals surface area contributed by atoms with E-state index < -0.39 is 0 Å². The second-order valence-corrected chi connectivity index (χ2v) is 4.99. The van der Waals surface area contributed by atoms with Crippen LogP contribution >= 0.6 is 11.6 Å². The van der Waals surface area contributed by atoms with Crippen LogP contribution in [0.1, 0.15) is 50.2 Å². The van der Waals surface area contributed by atoms with Crippen molar-refractivity contribution in [3.63, 3.8) is 0 Å². The minimum atomic E-state index is 0.521. The first-order valence-electron chi connectivity index (χ1n) is 6.33. The first-order valence-corrected chi connectivity index (χ1v) is 6.87. The van der Waals surface area contributed by atoms with E-state index in [9.17, 15) is 0 Å². The highest BCUT2D eigenvalue weighted by Crippen LogP contribution is 2.28. The molecular formula is C15H23Cl. The Hall–Kier alpha value is -0.490. The number of alkyl halides is 1. The molecule has 0 saturated carbocycles. The Morgan fingerprint density at radius 3 is 2.06 bits per heavy atom. The van der Waals surface area contributed by atoms with E-state index in [1.165, 1.54) is 30.4 Å². The van der Waals surface area contributed by atoms with Crippen LogP contribution in [0.15, 0.2) is 24.3 Å². The third-order valence-corrected chi connectivity index (χ3v) is 3.88. The van der Waals surface area contributed by atoms with Crippen LogP contribution in [-0.2, 0) is 0 Å². The summed E-state index contributed by atoms with van der Waals surface area (Å²) in [6, 6.07) is 8.82. The third kappa shape index (κ3) is 3.83. The highest BCUT2D eigenvalue weighted by atomic mass is 35.5. The van der Waals surface area contributed by atoms with Gasteiger partial charge in [0.1, 0.15) is 0 Å². The molecule has 1 aromatic carbocycles. The summed E-state index contributed by atoms with van der Waals surface area (Å²) in [5.41, 5.74) is 2.71. The van der Waals surface area contributed by atoms with E-state index in [2.05, 4.69) is 45.0 Å². The maximum atomic E-state index is 6.10. The number of aryl methyl sites for hydroxylation is 1. The molecular weight excluding hydrogens is 216 g/mol. The van der Waals surface area contributed by atoms with Crippen LogP contribution in [0.3, 0.4) is 0 Å². The first kappa shape index (κ1) is 13.6. The van der Waals surface area contributed by atoms with Crippen molar-refractivity contribution >= 4 is 11.6 Å². The molecule has 0 aliphatic carbocycles. The molecule has 0 aliphatic heterocycles. The molecule has 0 bridgehead atoms. The second-order valence-electron chi connectivity index (χ2n) is 4.68. The highest BCUT2D eigenvalue weighted by Gasteiger charge is 2.15. The lowest BCUT2D eigenvalue weighted by molar-refractivity contribution is 0.424. The van der Waals surface area contributed by atoms with Crippen LogP contribution < -0.4 is 0 Å². The Balaban J connectivity index is 2.70. The number of benzene rings is 1. The molecule has 0 amide bonds. The van der Waals surface area contributed by atoms with Crippen LogP contribution in [0.2, 0.25) is 0 Å². The maximum absolute atomic E-state index is 6.10. The summed E-state index contributed by atoms with van der Waals surface area (Å²) in [4.78, 5) is 0. The van der Waals surface area contributed by atoms with E-state index in [1.807, 2.05) is 0 Å². The average Bonchev–Trinajstić information content (AvgIpc) is 2.32. The normalized spacial score (nSPS) is 13.1. The first-order chi connectivity index (χ1) is 7.71. The summed E-state index contributed by atoms with van der Waals surface area (Å²) >= 11 is 6.10. The van der Waals surface area contributed by atoms with Crippen LogP contribution in [-0.4, -0.2) is 5.88 Å². The summed E-state index contributed by atoms with van der Waals surface area (Å²) in [6.45, 7) is 6.67. The van der Waals surface area contributed by atoms with Crippen molar-refractivity contribution in [3.8, 4) is 0 Å². The van der Waals surface area contributed by atoms with Gasteiger partial charge in [0.25, 0.3) is 0 Å². The molecule has 0 spiro atoms. The Morgan fingerprint density at radius 1 is 1.06 bits per heavy atom. The van der Waals surface area contributed by atoms with Crippen molar-refractivity contribution in [2.24, 2.45) is 5.92 Å². The van der Waals surface area contributed by atoms with Gasteiger partial charge in [0.15, 0.2) is 0 Å². The Kier molecular flexibility index (Phi) is 5.90. The van der Waals surface area contributed by atoms with E-state index in [1.54, 1.807) is 0 Å². The van der Waals surface area contributed by atoms with Crippen molar-refractivity contribution in [2.75, 3.05) is 5.88 Å². The van der Waals surface area contributed by atoms with Crippen molar-refractivity contribution in [1.29, 1.82) is 0 Å². The van der Waals surface area contributed by atoms with Gasteiger partial charge < -0.3 is 0 Å². The molecule has 1 aromatic rings. The van der Waals surface area contributed by atoms with Crippen molar-refractivity contribution in [3.05, 3.63) is 35.4 Å². The Bertz CT molecular complexity index is 285. The zero-order valence-electron chi connectivity index (χ0n) is 10.7. The summed E-state index contributed by atoms with van der Waals surface area (Å²) < 4.78 is 0. The lowest BCUT2D eigenvalue weighted by Gasteiger charge is -2.20. The lowest BCUT2D eigenvalue weighted by Crippen LogP contribution is -2.08. The molecule has 0 fully saturated rings. The van der Waals surface area contributed by atoms with Crippen molar-refractivity contribution in [2.45, 2.75) is 46.0 Å². The van der Waals surface area contributed by atoms with Gasteiger partial charge >= 0.3 is 0 Å². The summed E-state index contributed by atoms with van der Waals surface area (Å²) in [5, 5.41) is 0. The van der Waals surface area contributed by atoms with Crippen LogP contribution in [0.4, 0.5) is 0 Å². The van der Waals surface area contributed by atoms with Crippen molar-refractivity contribution < 1.29 is 0 Å². The maximum Gasteiger partial charge on any atom is 0.0292 e. The molecule has 16 heavy (non-hydrogen) atoms. The van der Waals surface area contributed by atoms with E-state index in [4.69, 9.17) is 11.6 Å². The molecule has 1 unspecified atom stereocenters. The predicted octanol–water partition coefficient (Wildman–Crippen LogP) is 5.14. The molecule has 0 N–H and O–H groups in total. The molecule has 0 nitrogen and oxygen atoms in total. The quantitative estimate of drug-likeness (QED) is 0.602. The second kappa shape index (κ2) is 6.96. The fourth-order valence-corrected chi connectivity index (χ4v) is 2.46. The molecule has 1 heteroatoms. The third-order valence-electron chi connectivity index (χ3n) is 3.51. The number of hydrogen-bond donors (Lipinski definition) is 0. The van der Waals surface area contributed by atoms with Gasteiger partial charge in [0.05, 0.1) is 0 Å². The molecule has 0 saturated heterocycles. The standard InChI is InChI=1S/C15H23Cl/c1-4-13(5-2)10-15(11-16)14-8-6-12(3)7-9-14/h6-9,13,15H,4-5,10-11H2,1-3H3. The van der Waals surface area contributed by atoms with Crippen molar-refractivity contribution in [1.82, 2.24) is 0 Å². The molecule has 1 atom stereocenters. The number of rotatable bonds is 6. The van der Waals surface area contributed by atoms with Gasteiger partial charge in [0.2, 0.25) is 0 Å². The van der Waals surface area contributed by atoms with E-state index in [0.717, 1.165) is 11.8 Å². The zero-order valence-corrected chi connectivity index (χ0v) is 11.4. The van der Waals surface area contributed by atoms with Crippen LogP contribution in [0.5, 0.6) is 0 Å². The summed E-state index contributed by atoms with van der Waals surface area (Å²) in [6.07, 6.45) is 3.74. The highest BCUT2D eigenvalue weighted by molar-refractivity contribution is 6.18. The Morgan fingerprint density at radius 2 is 1.62 bits per heavy atom. The molecule has 0 radical (unpaired) electrons. The average molecular weight is 239 g/mol. The van der Waals surface area contributed by atoms with Gasteiger partial charge in [-0.1, -0.05) is 56.5 Å². The largest absolute Gasteiger partial charge is 0.126 e. The molecule has 1 rings (SSSR count). The predicted molar refractivity (Wildman–Crippen MR) is 73.3 cm³/mol. The monoisotopic (exact) mass is 238 g/mol. The van der Waals surface area contributed by atoms with Crippen LogP contribution in [0.25, 0.3) is 0 Å². The zero-order chi connectivity index (χ0) is 12.0. The van der Waals surface area contributed by atoms with E-state index in [-0.39, 0.29) is 0 Å². The van der Waals surface area contributed by atoms with E-state index in [0.29, 0.717) is 5.92 Å². The number of halogens is 1. The van der Waals surface area contributed by atoms with Gasteiger partial charge in [-0.25, -0.2) is 0 Å². The molecule has 0 aromatic heterocycles. The smallest absolute Gasteiger partial charge is 0.0292 e. The van der Waals surface area contributed by atoms with Gasteiger partial charge in [0, 0.05) is 5.88 Å². The fraction of sp³-hybridized carbons (Fsp3) is 0.600. The van der Waals surface area contributed by atoms with Gasteiger partial charge in [-0.15, -0.1) is 11.6 Å². The topological polar surface area (TPSA) is 0 Å². The lowest BCUT2D eigenvalue weighted by atomic mass is 9.87. The SMILES string of the molecule is CCC(CC)CC(CCl)c1ccc(C)cc1. The summed E-state index contributed by atoms with van der Waals surface area (Å²) in [5.74, 6) is 2.07. The summed E-state index contributed by atoms with van der Waals surface area (Å²) in [7, 11) is 0. The van der Waals surface area contributed by atoms with Gasteiger partial charge in [-0.3, -0.25) is 0 Å². The fourth-order valence-electron chi connectivity index (χ4n) is 2.15. The minimum absolute atomic E-state index is 0.521. The Labute approximate surface area is 105 Å². The van der Waals surface area contributed by atoms with E-state index >= 15 is 0 Å². The molecule has 0 aliphatic rings. The van der Waals surface area contributed by atoms with Crippen LogP contribution in [0, 0.1) is 12.8 Å². The number of hydrogen-bond acceptors (Lipinski definition) is 0. The molecule has 90 valence electrons. The molecule has 0 heterocycles. The van der Waals surface area contributed by atoms with Gasteiger partial charge in [-0.2, -0.15) is 0 Å².